The summed E-state index contributed by atoms with van der Waals surface area (Å²) in [5, 5.41) is 2.81. The monoisotopic (exact) mass is 370 g/mol. The first kappa shape index (κ1) is 18.3. The van der Waals surface area contributed by atoms with Crippen molar-refractivity contribution >= 4 is 17.6 Å². The van der Waals surface area contributed by atoms with Gasteiger partial charge in [-0.15, -0.1) is 0 Å². The van der Waals surface area contributed by atoms with Gasteiger partial charge in [-0.25, -0.2) is 4.98 Å². The van der Waals surface area contributed by atoms with Crippen LogP contribution in [0.4, 0.5) is 5.82 Å². The molecule has 3 heterocycles. The standard InChI is InChI=1S/C21H30N4O2/c1-2-22-20(27)17-6-7-18(23-12-17)24-11-3-9-21(14-24)10-8-19(26)25(15-21)13-16-4-5-16/h6-7,12,16H,2-5,8-11,13-15H2,1H3,(H,22,27). The van der Waals surface area contributed by atoms with E-state index in [9.17, 15) is 9.59 Å². The molecule has 2 saturated heterocycles. The van der Waals surface area contributed by atoms with Gasteiger partial charge < -0.3 is 15.1 Å². The molecule has 1 unspecified atom stereocenters. The number of pyridine rings is 1. The maximum Gasteiger partial charge on any atom is 0.252 e. The van der Waals surface area contributed by atoms with Gasteiger partial charge >= 0.3 is 0 Å². The number of carbonyl (C=O) groups excluding carboxylic acids is 2. The van der Waals surface area contributed by atoms with Crippen molar-refractivity contribution in [2.45, 2.75) is 45.4 Å². The molecule has 1 aromatic heterocycles. The van der Waals surface area contributed by atoms with Crippen molar-refractivity contribution in [1.82, 2.24) is 15.2 Å². The van der Waals surface area contributed by atoms with Gasteiger partial charge in [0, 0.05) is 50.8 Å². The second kappa shape index (κ2) is 7.49. The van der Waals surface area contributed by atoms with Crippen LogP contribution < -0.4 is 10.2 Å². The molecule has 3 fully saturated rings. The number of hydrogen-bond acceptors (Lipinski definition) is 4. The van der Waals surface area contributed by atoms with Crippen molar-refractivity contribution in [3.8, 4) is 0 Å². The lowest BCUT2D eigenvalue weighted by Gasteiger charge is -2.48. The number of piperidine rings is 2. The van der Waals surface area contributed by atoms with Gasteiger partial charge in [-0.1, -0.05) is 0 Å². The van der Waals surface area contributed by atoms with Crippen LogP contribution in [0.3, 0.4) is 0 Å². The Hall–Kier alpha value is -2.11. The zero-order chi connectivity index (χ0) is 18.9. The number of anilines is 1. The van der Waals surface area contributed by atoms with Crippen LogP contribution in [-0.2, 0) is 4.79 Å². The van der Waals surface area contributed by atoms with Gasteiger partial charge in [0.05, 0.1) is 5.56 Å². The Morgan fingerprint density at radius 3 is 2.85 bits per heavy atom. The fourth-order valence-corrected chi connectivity index (χ4v) is 4.59. The van der Waals surface area contributed by atoms with E-state index in [1.165, 1.54) is 19.3 Å². The summed E-state index contributed by atoms with van der Waals surface area (Å²) in [7, 11) is 0. The molecule has 1 aromatic rings. The molecule has 6 heteroatoms. The van der Waals surface area contributed by atoms with Crippen molar-refractivity contribution in [2.24, 2.45) is 11.3 Å². The Bertz CT molecular complexity index is 701. The number of nitrogens with zero attached hydrogens (tertiary/aromatic N) is 3. The van der Waals surface area contributed by atoms with Crippen LogP contribution >= 0.6 is 0 Å². The van der Waals surface area contributed by atoms with Crippen LogP contribution in [-0.4, -0.2) is 54.4 Å². The number of nitrogens with one attached hydrogen (secondary N) is 1. The number of likely N-dealkylation sites (tertiary alicyclic amines) is 1. The molecule has 2 aliphatic heterocycles. The summed E-state index contributed by atoms with van der Waals surface area (Å²) in [6, 6.07) is 3.82. The largest absolute Gasteiger partial charge is 0.356 e. The number of amides is 2. The van der Waals surface area contributed by atoms with E-state index in [0.717, 1.165) is 50.8 Å². The van der Waals surface area contributed by atoms with Crippen molar-refractivity contribution < 1.29 is 9.59 Å². The minimum atomic E-state index is -0.0758. The van der Waals surface area contributed by atoms with E-state index in [4.69, 9.17) is 0 Å². The lowest BCUT2D eigenvalue weighted by molar-refractivity contribution is -0.138. The molecule has 0 bridgehead atoms. The normalized spacial score (nSPS) is 25.7. The quantitative estimate of drug-likeness (QED) is 0.865. The van der Waals surface area contributed by atoms with Gasteiger partial charge in [0.2, 0.25) is 5.91 Å². The predicted octanol–water partition coefficient (Wildman–Crippen LogP) is 2.45. The van der Waals surface area contributed by atoms with E-state index < -0.39 is 0 Å². The summed E-state index contributed by atoms with van der Waals surface area (Å²) in [6.45, 7) is 6.33. The fraction of sp³-hybridized carbons (Fsp3) is 0.667. The molecule has 2 amide bonds. The van der Waals surface area contributed by atoms with Crippen molar-refractivity contribution in [1.29, 1.82) is 0 Å². The topological polar surface area (TPSA) is 65.5 Å². The predicted molar refractivity (Wildman–Crippen MR) is 105 cm³/mol. The first-order valence-electron chi connectivity index (χ1n) is 10.4. The second-order valence-corrected chi connectivity index (χ2v) is 8.51. The lowest BCUT2D eigenvalue weighted by Crippen LogP contribution is -2.54. The molecule has 0 aromatic carbocycles. The Labute approximate surface area is 161 Å². The van der Waals surface area contributed by atoms with Gasteiger partial charge in [0.25, 0.3) is 5.91 Å². The van der Waals surface area contributed by atoms with E-state index in [-0.39, 0.29) is 11.3 Å². The molecule has 1 N–H and O–H groups in total. The van der Waals surface area contributed by atoms with Gasteiger partial charge in [-0.05, 0) is 57.1 Å². The van der Waals surface area contributed by atoms with E-state index >= 15 is 0 Å². The molecule has 27 heavy (non-hydrogen) atoms. The van der Waals surface area contributed by atoms with Crippen LogP contribution in [0.1, 0.15) is 55.8 Å². The minimum Gasteiger partial charge on any atom is -0.356 e. The Kier molecular flexibility index (Phi) is 5.06. The van der Waals surface area contributed by atoms with Gasteiger partial charge in [-0.2, -0.15) is 0 Å². The SMILES string of the molecule is CCNC(=O)c1ccc(N2CCCC3(CCC(=O)N(CC4CC4)C3)C2)nc1. The van der Waals surface area contributed by atoms with Crippen LogP contribution in [0.2, 0.25) is 0 Å². The molecular weight excluding hydrogens is 340 g/mol. The molecule has 1 aliphatic carbocycles. The Morgan fingerprint density at radius 1 is 1.30 bits per heavy atom. The smallest absolute Gasteiger partial charge is 0.252 e. The molecule has 3 aliphatic rings. The van der Waals surface area contributed by atoms with E-state index in [1.54, 1.807) is 6.20 Å². The summed E-state index contributed by atoms with van der Waals surface area (Å²) in [4.78, 5) is 33.3. The zero-order valence-electron chi connectivity index (χ0n) is 16.2. The van der Waals surface area contributed by atoms with Crippen molar-refractivity contribution in [2.75, 3.05) is 37.6 Å². The summed E-state index contributed by atoms with van der Waals surface area (Å²) in [5.41, 5.74) is 0.798. The molecule has 1 saturated carbocycles. The van der Waals surface area contributed by atoms with Crippen molar-refractivity contribution in [3.63, 3.8) is 0 Å². The van der Waals surface area contributed by atoms with Crippen LogP contribution in [0.15, 0.2) is 18.3 Å². The van der Waals surface area contributed by atoms with Gasteiger partial charge in [-0.3, -0.25) is 9.59 Å². The highest BCUT2D eigenvalue weighted by molar-refractivity contribution is 5.94. The third kappa shape index (κ3) is 4.09. The zero-order valence-corrected chi connectivity index (χ0v) is 16.2. The van der Waals surface area contributed by atoms with E-state index in [0.29, 0.717) is 24.4 Å². The molecule has 6 nitrogen and oxygen atoms in total. The van der Waals surface area contributed by atoms with Gasteiger partial charge in [0.15, 0.2) is 0 Å². The molecule has 4 rings (SSSR count). The number of hydrogen-bond donors (Lipinski definition) is 1. The third-order valence-corrected chi connectivity index (χ3v) is 6.26. The van der Waals surface area contributed by atoms with E-state index in [1.807, 2.05) is 19.1 Å². The maximum atomic E-state index is 12.4. The van der Waals surface area contributed by atoms with E-state index in [2.05, 4.69) is 20.1 Å². The van der Waals surface area contributed by atoms with Crippen LogP contribution in [0.25, 0.3) is 0 Å². The highest BCUT2D eigenvalue weighted by Gasteiger charge is 2.43. The Morgan fingerprint density at radius 2 is 2.15 bits per heavy atom. The molecule has 146 valence electrons. The molecule has 1 atom stereocenters. The fourth-order valence-electron chi connectivity index (χ4n) is 4.59. The minimum absolute atomic E-state index is 0.0758. The maximum absolute atomic E-state index is 12.4. The first-order valence-corrected chi connectivity index (χ1v) is 10.4. The average Bonchev–Trinajstić information content (AvgIpc) is 3.50. The van der Waals surface area contributed by atoms with Crippen LogP contribution in [0, 0.1) is 11.3 Å². The summed E-state index contributed by atoms with van der Waals surface area (Å²) >= 11 is 0. The lowest BCUT2D eigenvalue weighted by atomic mass is 9.73. The second-order valence-electron chi connectivity index (χ2n) is 8.51. The summed E-state index contributed by atoms with van der Waals surface area (Å²) in [5.74, 6) is 1.95. The first-order chi connectivity index (χ1) is 13.1. The number of aromatic nitrogens is 1. The summed E-state index contributed by atoms with van der Waals surface area (Å²) in [6.07, 6.45) is 8.23. The molecular formula is C21H30N4O2. The highest BCUT2D eigenvalue weighted by Crippen LogP contribution is 2.41. The number of carbonyl (C=O) groups is 2. The molecule has 1 spiro atoms. The molecule has 0 radical (unpaired) electrons. The van der Waals surface area contributed by atoms with Gasteiger partial charge in [0.1, 0.15) is 5.82 Å². The average molecular weight is 370 g/mol. The summed E-state index contributed by atoms with van der Waals surface area (Å²) < 4.78 is 0. The van der Waals surface area contributed by atoms with Crippen molar-refractivity contribution in [3.05, 3.63) is 23.9 Å². The highest BCUT2D eigenvalue weighted by atomic mass is 16.2. The van der Waals surface area contributed by atoms with Crippen LogP contribution in [0.5, 0.6) is 0 Å². The Balaban J connectivity index is 1.44. The number of rotatable bonds is 5. The third-order valence-electron chi connectivity index (χ3n) is 6.26.